The van der Waals surface area contributed by atoms with E-state index in [-0.39, 0.29) is 28.8 Å². The minimum absolute atomic E-state index is 0.0676. The molecule has 0 saturated heterocycles. The number of benzene rings is 1. The molecule has 2 N–H and O–H groups in total. The summed E-state index contributed by atoms with van der Waals surface area (Å²) in [6, 6.07) is 3.66. The van der Waals surface area contributed by atoms with E-state index in [1.54, 1.807) is 0 Å². The molecule has 0 amide bonds. The molecule has 1 aromatic rings. The minimum Gasteiger partial charge on any atom is -0.493 e. The SMILES string of the molecule is CCC(CC)COc1ccc(C(N)=S)cc1C(F)(F)F. The summed E-state index contributed by atoms with van der Waals surface area (Å²) in [5.74, 6) is 0.0655. The second kappa shape index (κ2) is 6.92. The van der Waals surface area contributed by atoms with Gasteiger partial charge in [-0.2, -0.15) is 13.2 Å². The molecule has 0 radical (unpaired) electrons. The maximum atomic E-state index is 13.0. The molecule has 0 bridgehead atoms. The normalized spacial score (nSPS) is 11.7. The number of ether oxygens (including phenoxy) is 1. The average Bonchev–Trinajstić information content (AvgIpc) is 2.38. The Hall–Kier alpha value is -1.30. The molecule has 0 atom stereocenters. The van der Waals surface area contributed by atoms with Gasteiger partial charge in [-0.15, -0.1) is 0 Å². The van der Waals surface area contributed by atoms with E-state index in [4.69, 9.17) is 22.7 Å². The molecular weight excluding hydrogens is 287 g/mol. The van der Waals surface area contributed by atoms with E-state index < -0.39 is 11.7 Å². The van der Waals surface area contributed by atoms with Crippen LogP contribution in [0.15, 0.2) is 18.2 Å². The maximum Gasteiger partial charge on any atom is 0.419 e. The molecule has 0 saturated carbocycles. The van der Waals surface area contributed by atoms with Gasteiger partial charge in [0.25, 0.3) is 0 Å². The number of hydrogen-bond donors (Lipinski definition) is 1. The summed E-state index contributed by atoms with van der Waals surface area (Å²) in [6.07, 6.45) is -2.77. The zero-order chi connectivity index (χ0) is 15.3. The molecule has 6 heteroatoms. The van der Waals surface area contributed by atoms with Gasteiger partial charge in [-0.3, -0.25) is 0 Å². The van der Waals surface area contributed by atoms with Crippen LogP contribution < -0.4 is 10.5 Å². The molecule has 1 aromatic carbocycles. The molecule has 0 aliphatic rings. The lowest BCUT2D eigenvalue weighted by Crippen LogP contribution is -2.16. The number of thiocarbonyl (C=S) groups is 1. The van der Waals surface area contributed by atoms with Crippen molar-refractivity contribution in [2.24, 2.45) is 11.7 Å². The average molecular weight is 305 g/mol. The van der Waals surface area contributed by atoms with Crippen molar-refractivity contribution in [3.8, 4) is 5.75 Å². The first-order chi connectivity index (χ1) is 9.29. The van der Waals surface area contributed by atoms with Crippen LogP contribution in [-0.4, -0.2) is 11.6 Å². The standard InChI is InChI=1S/C14H18F3NOS/c1-3-9(4-2)8-19-12-6-5-10(13(18)20)7-11(12)14(15,16)17/h5-7,9H,3-4,8H2,1-2H3,(H2,18,20). The molecule has 0 heterocycles. The fourth-order valence-corrected chi connectivity index (χ4v) is 1.89. The van der Waals surface area contributed by atoms with Gasteiger partial charge in [-0.25, -0.2) is 0 Å². The van der Waals surface area contributed by atoms with Gasteiger partial charge in [0.1, 0.15) is 10.7 Å². The summed E-state index contributed by atoms with van der Waals surface area (Å²) in [4.78, 5) is -0.0676. The van der Waals surface area contributed by atoms with Crippen molar-refractivity contribution >= 4 is 17.2 Å². The third-order valence-electron chi connectivity index (χ3n) is 3.20. The Bertz CT molecular complexity index is 470. The topological polar surface area (TPSA) is 35.2 Å². The second-order valence-corrected chi connectivity index (χ2v) is 5.01. The molecule has 0 unspecified atom stereocenters. The van der Waals surface area contributed by atoms with Gasteiger partial charge < -0.3 is 10.5 Å². The number of rotatable bonds is 6. The summed E-state index contributed by atoms with van der Waals surface area (Å²) in [7, 11) is 0. The predicted molar refractivity (Wildman–Crippen MR) is 76.9 cm³/mol. The Kier molecular flexibility index (Phi) is 5.80. The predicted octanol–water partition coefficient (Wildman–Crippen LogP) is 4.15. The smallest absolute Gasteiger partial charge is 0.419 e. The van der Waals surface area contributed by atoms with Gasteiger partial charge in [0.2, 0.25) is 0 Å². The van der Waals surface area contributed by atoms with Gasteiger partial charge in [0.15, 0.2) is 0 Å². The van der Waals surface area contributed by atoms with Gasteiger partial charge in [0.05, 0.1) is 12.2 Å². The van der Waals surface area contributed by atoms with Gasteiger partial charge in [-0.1, -0.05) is 38.9 Å². The molecule has 0 fully saturated rings. The first-order valence-corrected chi connectivity index (χ1v) is 6.84. The van der Waals surface area contributed by atoms with Crippen LogP contribution in [0.3, 0.4) is 0 Å². The van der Waals surface area contributed by atoms with Crippen LogP contribution in [-0.2, 0) is 6.18 Å². The summed E-state index contributed by atoms with van der Waals surface area (Å²) < 4.78 is 44.4. The van der Waals surface area contributed by atoms with Gasteiger partial charge >= 0.3 is 6.18 Å². The highest BCUT2D eigenvalue weighted by atomic mass is 32.1. The summed E-state index contributed by atoms with van der Waals surface area (Å²) in [5, 5.41) is 0. The number of hydrogen-bond acceptors (Lipinski definition) is 2. The van der Waals surface area contributed by atoms with Crippen molar-refractivity contribution in [2.75, 3.05) is 6.61 Å². The molecule has 20 heavy (non-hydrogen) atoms. The van der Waals surface area contributed by atoms with Crippen molar-refractivity contribution in [3.63, 3.8) is 0 Å². The highest BCUT2D eigenvalue weighted by Crippen LogP contribution is 2.37. The van der Waals surface area contributed by atoms with Crippen LogP contribution in [0.25, 0.3) is 0 Å². The monoisotopic (exact) mass is 305 g/mol. The lowest BCUT2D eigenvalue weighted by atomic mass is 10.0. The Balaban J connectivity index is 3.03. The number of alkyl halides is 3. The Labute approximate surface area is 122 Å². The van der Waals surface area contributed by atoms with Crippen LogP contribution in [0.1, 0.15) is 37.8 Å². The van der Waals surface area contributed by atoms with Crippen LogP contribution in [0.5, 0.6) is 5.75 Å². The third-order valence-corrected chi connectivity index (χ3v) is 3.43. The lowest BCUT2D eigenvalue weighted by Gasteiger charge is -2.18. The maximum absolute atomic E-state index is 13.0. The Morgan fingerprint density at radius 2 is 1.90 bits per heavy atom. The van der Waals surface area contributed by atoms with Crippen molar-refractivity contribution in [1.29, 1.82) is 0 Å². The molecule has 2 nitrogen and oxygen atoms in total. The Morgan fingerprint density at radius 3 is 2.35 bits per heavy atom. The molecular formula is C14H18F3NOS. The van der Waals surface area contributed by atoms with Crippen molar-refractivity contribution in [3.05, 3.63) is 29.3 Å². The largest absolute Gasteiger partial charge is 0.493 e. The summed E-state index contributed by atoms with van der Waals surface area (Å²) in [5.41, 5.74) is 4.71. The van der Waals surface area contributed by atoms with E-state index in [1.807, 2.05) is 13.8 Å². The Morgan fingerprint density at radius 1 is 1.30 bits per heavy atom. The van der Waals surface area contributed by atoms with Crippen molar-refractivity contribution < 1.29 is 17.9 Å². The van der Waals surface area contributed by atoms with E-state index in [0.717, 1.165) is 18.9 Å². The fraction of sp³-hybridized carbons (Fsp3) is 0.500. The van der Waals surface area contributed by atoms with Crippen LogP contribution in [0.4, 0.5) is 13.2 Å². The van der Waals surface area contributed by atoms with Gasteiger partial charge in [0, 0.05) is 5.56 Å². The van der Waals surface area contributed by atoms with Crippen LogP contribution in [0.2, 0.25) is 0 Å². The highest BCUT2D eigenvalue weighted by molar-refractivity contribution is 7.80. The van der Waals surface area contributed by atoms with Crippen molar-refractivity contribution in [1.82, 2.24) is 0 Å². The first kappa shape index (κ1) is 16.8. The van der Waals surface area contributed by atoms with E-state index in [1.165, 1.54) is 12.1 Å². The van der Waals surface area contributed by atoms with E-state index >= 15 is 0 Å². The van der Waals surface area contributed by atoms with Crippen LogP contribution >= 0.6 is 12.2 Å². The molecule has 0 aliphatic heterocycles. The van der Waals surface area contributed by atoms with Crippen molar-refractivity contribution in [2.45, 2.75) is 32.9 Å². The quantitative estimate of drug-likeness (QED) is 0.802. The molecule has 0 aliphatic carbocycles. The van der Waals surface area contributed by atoms with Gasteiger partial charge in [-0.05, 0) is 24.1 Å². The highest BCUT2D eigenvalue weighted by Gasteiger charge is 2.35. The molecule has 0 spiro atoms. The number of halogens is 3. The summed E-state index contributed by atoms with van der Waals surface area (Å²) >= 11 is 4.70. The molecule has 0 aromatic heterocycles. The lowest BCUT2D eigenvalue weighted by molar-refractivity contribution is -0.139. The van der Waals surface area contributed by atoms with Crippen LogP contribution in [0, 0.1) is 5.92 Å². The van der Waals surface area contributed by atoms with E-state index in [0.29, 0.717) is 0 Å². The molecule has 112 valence electrons. The first-order valence-electron chi connectivity index (χ1n) is 6.43. The summed E-state index contributed by atoms with van der Waals surface area (Å²) in [6.45, 7) is 4.23. The third kappa shape index (κ3) is 4.37. The number of nitrogens with two attached hydrogens (primary N) is 1. The fourth-order valence-electron chi connectivity index (χ4n) is 1.76. The van der Waals surface area contributed by atoms with E-state index in [9.17, 15) is 13.2 Å². The van der Waals surface area contributed by atoms with E-state index in [2.05, 4.69) is 0 Å². The minimum atomic E-state index is -4.50. The zero-order valence-corrected chi connectivity index (χ0v) is 12.3. The second-order valence-electron chi connectivity index (χ2n) is 4.57. The zero-order valence-electron chi connectivity index (χ0n) is 11.5. The molecule has 1 rings (SSSR count).